The molecule has 2 saturated carbocycles. The number of fused-ring (bicyclic) bond motifs is 5. The van der Waals surface area contributed by atoms with Crippen LogP contribution in [0.15, 0.2) is 42.5 Å². The lowest BCUT2D eigenvalue weighted by molar-refractivity contribution is -0.199. The molecule has 2 fully saturated rings. The third-order valence-electron chi connectivity index (χ3n) is 8.86. The highest BCUT2D eigenvalue weighted by Crippen LogP contribution is 2.65. The van der Waals surface area contributed by atoms with Crippen LogP contribution in [0.5, 0.6) is 11.5 Å². The normalized spacial score (nSPS) is 32.5. The van der Waals surface area contributed by atoms with Crippen molar-refractivity contribution in [1.82, 2.24) is 0 Å². The van der Waals surface area contributed by atoms with Crippen LogP contribution in [-0.4, -0.2) is 17.8 Å². The maximum atomic E-state index is 11.9. The Balaban J connectivity index is 1.40. The minimum atomic E-state index is -0.637. The van der Waals surface area contributed by atoms with E-state index in [4.69, 9.17) is 14.8 Å². The number of nitrogens with two attached hydrogens (primary N) is 1. The molecule has 5 rings (SSSR count). The Morgan fingerprint density at radius 3 is 2.67 bits per heavy atom. The van der Waals surface area contributed by atoms with Crippen LogP contribution >= 0.6 is 12.3 Å². The highest BCUT2D eigenvalue weighted by atomic mass is 32.2. The van der Waals surface area contributed by atoms with Gasteiger partial charge in [-0.05, 0) is 90.5 Å². The lowest BCUT2D eigenvalue weighted by atomic mass is 9.52. The third-order valence-corrected chi connectivity index (χ3v) is 9.24. The van der Waals surface area contributed by atoms with Gasteiger partial charge in [0.25, 0.3) is 12.3 Å². The average Bonchev–Trinajstić information content (AvgIpc) is 3.09. The molecule has 2 aromatic rings. The first-order valence-electron chi connectivity index (χ1n) is 11.8. The predicted molar refractivity (Wildman–Crippen MR) is 127 cm³/mol. The van der Waals surface area contributed by atoms with Gasteiger partial charge < -0.3 is 14.0 Å². The van der Waals surface area contributed by atoms with E-state index < -0.39 is 5.60 Å². The maximum Gasteiger partial charge on any atom is 0.260 e. The minimum absolute atomic E-state index is 0.0507. The van der Waals surface area contributed by atoms with Gasteiger partial charge in [0, 0.05) is 6.42 Å². The highest BCUT2D eigenvalue weighted by molar-refractivity contribution is 7.90. The van der Waals surface area contributed by atoms with Gasteiger partial charge in [0.2, 0.25) is 0 Å². The van der Waals surface area contributed by atoms with E-state index in [1.807, 2.05) is 6.07 Å². The summed E-state index contributed by atoms with van der Waals surface area (Å²) in [6.07, 6.45) is 7.00. The molecule has 33 heavy (non-hydrogen) atoms. The molecule has 3 N–H and O–H groups in total. The number of rotatable bonds is 7. The number of ether oxygens (including phenoxy) is 1. The zero-order valence-electron chi connectivity index (χ0n) is 19.3. The predicted octanol–water partition coefficient (Wildman–Crippen LogP) is 5.29. The van der Waals surface area contributed by atoms with Gasteiger partial charge in [-0.3, -0.25) is 0 Å². The molecule has 0 bridgehead atoms. The molecule has 0 saturated heterocycles. The summed E-state index contributed by atoms with van der Waals surface area (Å²) in [7, 11) is 1.65. The summed E-state index contributed by atoms with van der Waals surface area (Å²) in [5.74, 6) is 7.79. The first-order valence-corrected chi connectivity index (χ1v) is 12.5. The van der Waals surface area contributed by atoms with Crippen molar-refractivity contribution < 1.29 is 23.3 Å². The summed E-state index contributed by atoms with van der Waals surface area (Å²) >= 11 is 0.667. The van der Waals surface area contributed by atoms with Crippen LogP contribution in [0.4, 0.5) is 0 Å². The van der Waals surface area contributed by atoms with E-state index >= 15 is 0 Å². The Kier molecular flexibility index (Phi) is 6.35. The fourth-order valence-electron chi connectivity index (χ4n) is 7.20. The zero-order valence-corrected chi connectivity index (χ0v) is 20.1. The van der Waals surface area contributed by atoms with Crippen molar-refractivity contribution in [2.24, 2.45) is 23.1 Å². The molecule has 0 aliphatic heterocycles. The van der Waals surface area contributed by atoms with Gasteiger partial charge in [-0.1, -0.05) is 37.3 Å². The Hall–Kier alpha value is -1.77. The van der Waals surface area contributed by atoms with E-state index in [-0.39, 0.29) is 5.41 Å². The quantitative estimate of drug-likeness (QED) is 0.246. The monoisotopic (exact) mass is 471 g/mol. The van der Waals surface area contributed by atoms with Crippen molar-refractivity contribution in [2.75, 3.05) is 7.11 Å². The van der Waals surface area contributed by atoms with Crippen LogP contribution in [0.1, 0.15) is 61.6 Å². The number of hydrogen-bond acceptors (Lipinski definition) is 7. The van der Waals surface area contributed by atoms with E-state index in [1.54, 1.807) is 7.11 Å². The van der Waals surface area contributed by atoms with Crippen LogP contribution in [0, 0.1) is 17.3 Å². The second kappa shape index (κ2) is 9.12. The van der Waals surface area contributed by atoms with Crippen LogP contribution in [0.25, 0.3) is 0 Å². The summed E-state index contributed by atoms with van der Waals surface area (Å²) in [5, 5.41) is 11.9. The van der Waals surface area contributed by atoms with Gasteiger partial charge in [-0.25, -0.2) is 0 Å². The van der Waals surface area contributed by atoms with Crippen LogP contribution in [-0.2, 0) is 22.2 Å². The molecule has 3 aliphatic carbocycles. The molecule has 0 radical (unpaired) electrons. The molecule has 2 aromatic carbocycles. The smallest absolute Gasteiger partial charge is 0.260 e. The van der Waals surface area contributed by atoms with Crippen molar-refractivity contribution >= 4 is 12.3 Å². The average molecular weight is 472 g/mol. The first kappa shape index (κ1) is 23.0. The Bertz CT molecular complexity index is 988. The van der Waals surface area contributed by atoms with E-state index in [9.17, 15) is 5.11 Å². The largest absolute Gasteiger partial charge is 0.493 e. The molecule has 5 atom stereocenters. The van der Waals surface area contributed by atoms with Crippen molar-refractivity contribution in [3.05, 3.63) is 59.2 Å². The Labute approximate surface area is 200 Å². The summed E-state index contributed by atoms with van der Waals surface area (Å²) in [4.78, 5) is 4.10. The minimum Gasteiger partial charge on any atom is -0.493 e. The Morgan fingerprint density at radius 2 is 1.91 bits per heavy atom. The van der Waals surface area contributed by atoms with Crippen molar-refractivity contribution in [2.45, 2.75) is 63.4 Å². The lowest BCUT2D eigenvalue weighted by Gasteiger charge is -2.53. The molecular weight excluding hydrogens is 438 g/mol. The van der Waals surface area contributed by atoms with Crippen molar-refractivity contribution in [3.8, 4) is 11.5 Å². The second-order valence-corrected chi connectivity index (χ2v) is 10.6. The van der Waals surface area contributed by atoms with Gasteiger partial charge in [-0.2, -0.15) is 5.90 Å². The molecule has 178 valence electrons. The summed E-state index contributed by atoms with van der Waals surface area (Å²) < 4.78 is 15.8. The summed E-state index contributed by atoms with van der Waals surface area (Å²) in [6, 6.07) is 14.7. The zero-order chi connectivity index (χ0) is 23.1. The van der Waals surface area contributed by atoms with Crippen LogP contribution in [0.3, 0.4) is 0 Å². The number of hydrogen-bond donors (Lipinski definition) is 2. The van der Waals surface area contributed by atoms with Gasteiger partial charge in [0.1, 0.15) is 0 Å². The van der Waals surface area contributed by atoms with Gasteiger partial charge in [0.15, 0.2) is 11.5 Å². The van der Waals surface area contributed by atoms with Gasteiger partial charge in [0.05, 0.1) is 12.7 Å². The molecule has 7 heteroatoms. The van der Waals surface area contributed by atoms with E-state index in [0.29, 0.717) is 41.6 Å². The number of aliphatic hydroxyl groups is 1. The molecule has 6 nitrogen and oxygen atoms in total. The van der Waals surface area contributed by atoms with Crippen molar-refractivity contribution in [1.29, 1.82) is 0 Å². The highest BCUT2D eigenvalue weighted by Gasteiger charge is 2.61. The molecule has 3 aliphatic rings. The molecule has 0 heterocycles. The Morgan fingerprint density at radius 1 is 1.09 bits per heavy atom. The molecular formula is C26H33NO5S. The molecule has 0 amide bonds. The van der Waals surface area contributed by atoms with Gasteiger partial charge >= 0.3 is 0 Å². The van der Waals surface area contributed by atoms with E-state index in [0.717, 1.165) is 44.9 Å². The molecule has 0 spiro atoms. The van der Waals surface area contributed by atoms with E-state index in [2.05, 4.69) is 52.6 Å². The number of aryl methyl sites for hydroxylation is 1. The summed E-state index contributed by atoms with van der Waals surface area (Å²) in [6.45, 7) is 2.35. The molecule has 0 aromatic heterocycles. The summed E-state index contributed by atoms with van der Waals surface area (Å²) in [5.41, 5.74) is 3.23. The maximum absolute atomic E-state index is 11.9. The fraction of sp³-hybridized carbons (Fsp3) is 0.538. The molecule has 5 unspecified atom stereocenters. The fourth-order valence-corrected chi connectivity index (χ4v) is 7.47. The second-order valence-electron chi connectivity index (χ2n) is 10.1. The SMILES string of the molecule is COc1cc2c(cc1OSOON)CCC1C2CCC2(C)C1CCC2(O)Cc1ccccc1. The number of benzene rings is 2. The van der Waals surface area contributed by atoms with E-state index in [1.165, 1.54) is 16.7 Å². The lowest BCUT2D eigenvalue weighted by Crippen LogP contribution is -2.51. The topological polar surface area (TPSA) is 83.2 Å². The van der Waals surface area contributed by atoms with Crippen LogP contribution < -0.4 is 14.8 Å². The third kappa shape index (κ3) is 3.94. The number of methoxy groups -OCH3 is 1. The standard InChI is InChI=1S/C26H33NO5S/c1-25-12-10-19-20(22(25)11-13-26(25,28)16-17-6-4-3-5-7-17)9-8-18-14-24(30-33-32-31-27)23(29-2)15-21(18)19/h3-7,14-15,19-20,22,28H,8-13,16,27H2,1-2H3. The van der Waals surface area contributed by atoms with Crippen LogP contribution in [0.2, 0.25) is 0 Å². The first-order chi connectivity index (χ1) is 16.0. The van der Waals surface area contributed by atoms with Gasteiger partial charge in [-0.15, -0.1) is 9.32 Å². The van der Waals surface area contributed by atoms with Crippen molar-refractivity contribution in [3.63, 3.8) is 0 Å².